The van der Waals surface area contributed by atoms with Crippen molar-refractivity contribution in [3.05, 3.63) is 98.8 Å². The molecule has 146 valence electrons. The molecule has 1 atom stereocenters. The Labute approximate surface area is 176 Å². The number of hydrogen-bond acceptors (Lipinski definition) is 4. The molecule has 0 amide bonds. The van der Waals surface area contributed by atoms with Gasteiger partial charge in [-0.05, 0) is 53.8 Å². The zero-order chi connectivity index (χ0) is 20.4. The van der Waals surface area contributed by atoms with Crippen LogP contribution in [0, 0.1) is 0 Å². The summed E-state index contributed by atoms with van der Waals surface area (Å²) in [6.07, 6.45) is -0.234. The average molecular weight is 451 g/mol. The van der Waals surface area contributed by atoms with Gasteiger partial charge in [0.25, 0.3) is 0 Å². The largest absolute Gasteiger partial charge is 0.507 e. The summed E-state index contributed by atoms with van der Waals surface area (Å²) < 4.78 is 6.31. The normalized spacial score (nSPS) is 12.2. The molecule has 0 radical (unpaired) electrons. The summed E-state index contributed by atoms with van der Waals surface area (Å²) in [5.74, 6) is -0.0744. The number of para-hydroxylation sites is 1. The van der Waals surface area contributed by atoms with Gasteiger partial charge in [-0.25, -0.2) is 4.79 Å². The standard InChI is InChI=1S/C24H19BrO4/c25-18-11-9-16(10-12-18)15-5-7-17(8-6-15)21(26)14-13-20-23(27)19-3-1-2-4-22(19)29-24(20)28/h1-12,21,26-27H,13-14H2/t21-/m0/s1. The lowest BCUT2D eigenvalue weighted by molar-refractivity contribution is 0.167. The zero-order valence-electron chi connectivity index (χ0n) is 15.5. The van der Waals surface area contributed by atoms with Crippen molar-refractivity contribution in [3.8, 4) is 16.9 Å². The van der Waals surface area contributed by atoms with E-state index in [1.165, 1.54) is 0 Å². The van der Waals surface area contributed by atoms with E-state index in [4.69, 9.17) is 4.42 Å². The Morgan fingerprint density at radius 1 is 0.897 bits per heavy atom. The molecule has 0 aliphatic heterocycles. The van der Waals surface area contributed by atoms with Gasteiger partial charge in [0.1, 0.15) is 11.3 Å². The third-order valence-corrected chi connectivity index (χ3v) is 5.55. The van der Waals surface area contributed by atoms with Crippen LogP contribution >= 0.6 is 15.9 Å². The average Bonchev–Trinajstić information content (AvgIpc) is 2.74. The maximum atomic E-state index is 12.2. The lowest BCUT2D eigenvalue weighted by atomic mass is 9.98. The van der Waals surface area contributed by atoms with Crippen LogP contribution in [0.2, 0.25) is 0 Å². The highest BCUT2D eigenvalue weighted by atomic mass is 79.9. The number of fused-ring (bicyclic) bond motifs is 1. The van der Waals surface area contributed by atoms with Gasteiger partial charge < -0.3 is 14.6 Å². The van der Waals surface area contributed by atoms with Crippen molar-refractivity contribution in [3.63, 3.8) is 0 Å². The molecule has 3 aromatic carbocycles. The Morgan fingerprint density at radius 2 is 1.52 bits per heavy atom. The molecule has 4 aromatic rings. The first-order valence-corrected chi connectivity index (χ1v) is 10.1. The molecule has 0 spiro atoms. The minimum atomic E-state index is -0.751. The van der Waals surface area contributed by atoms with Gasteiger partial charge in [-0.15, -0.1) is 0 Å². The number of aliphatic hydroxyl groups excluding tert-OH is 1. The smallest absolute Gasteiger partial charge is 0.343 e. The van der Waals surface area contributed by atoms with E-state index in [1.807, 2.05) is 48.5 Å². The molecule has 0 fully saturated rings. The Bertz CT molecular complexity index is 1190. The number of halogens is 1. The number of hydrogen-bond donors (Lipinski definition) is 2. The summed E-state index contributed by atoms with van der Waals surface area (Å²) in [6, 6.07) is 22.6. The van der Waals surface area contributed by atoms with Crippen molar-refractivity contribution in [1.82, 2.24) is 0 Å². The van der Waals surface area contributed by atoms with Crippen LogP contribution in [0.5, 0.6) is 5.75 Å². The highest BCUT2D eigenvalue weighted by Gasteiger charge is 2.16. The van der Waals surface area contributed by atoms with Crippen molar-refractivity contribution < 1.29 is 14.6 Å². The molecule has 0 bridgehead atoms. The van der Waals surface area contributed by atoms with Crippen molar-refractivity contribution in [1.29, 1.82) is 0 Å². The first kappa shape index (κ1) is 19.4. The number of aliphatic hydroxyl groups is 1. The van der Waals surface area contributed by atoms with E-state index >= 15 is 0 Å². The van der Waals surface area contributed by atoms with Crippen LogP contribution in [0.15, 0.2) is 86.5 Å². The Hall–Kier alpha value is -2.89. The van der Waals surface area contributed by atoms with Gasteiger partial charge in [0.2, 0.25) is 0 Å². The van der Waals surface area contributed by atoms with Crippen LogP contribution in [-0.2, 0) is 6.42 Å². The lowest BCUT2D eigenvalue weighted by Crippen LogP contribution is -2.10. The van der Waals surface area contributed by atoms with Gasteiger partial charge in [-0.1, -0.05) is 64.5 Å². The second kappa shape index (κ2) is 8.23. The van der Waals surface area contributed by atoms with Gasteiger partial charge in [-0.3, -0.25) is 0 Å². The summed E-state index contributed by atoms with van der Waals surface area (Å²) in [5, 5.41) is 21.5. The second-order valence-electron chi connectivity index (χ2n) is 6.90. The van der Waals surface area contributed by atoms with Crippen LogP contribution in [0.1, 0.15) is 23.7 Å². The maximum absolute atomic E-state index is 12.2. The van der Waals surface area contributed by atoms with Gasteiger partial charge in [0, 0.05) is 4.47 Å². The van der Waals surface area contributed by atoms with Crippen LogP contribution in [0.25, 0.3) is 22.1 Å². The first-order chi connectivity index (χ1) is 14.0. The molecule has 4 rings (SSSR count). The quantitative estimate of drug-likeness (QED) is 0.388. The zero-order valence-corrected chi connectivity index (χ0v) is 17.1. The Kier molecular flexibility index (Phi) is 5.51. The number of benzene rings is 3. The minimum absolute atomic E-state index is 0.0744. The highest BCUT2D eigenvalue weighted by Crippen LogP contribution is 2.29. The molecule has 0 aliphatic rings. The summed E-state index contributed by atoms with van der Waals surface area (Å²) in [5.41, 5.74) is 2.88. The lowest BCUT2D eigenvalue weighted by Gasteiger charge is -2.12. The monoisotopic (exact) mass is 450 g/mol. The van der Waals surface area contributed by atoms with Gasteiger partial charge in [0.15, 0.2) is 0 Å². The molecule has 2 N–H and O–H groups in total. The SMILES string of the molecule is O=c1oc2ccccc2c(O)c1CC[C@H](O)c1ccc(-c2ccc(Br)cc2)cc1. The van der Waals surface area contributed by atoms with Gasteiger partial charge in [0.05, 0.1) is 17.1 Å². The molecular weight excluding hydrogens is 432 g/mol. The predicted molar refractivity (Wildman–Crippen MR) is 117 cm³/mol. The van der Waals surface area contributed by atoms with Crippen LogP contribution in [0.3, 0.4) is 0 Å². The summed E-state index contributed by atoms with van der Waals surface area (Å²) in [4.78, 5) is 12.2. The third-order valence-electron chi connectivity index (χ3n) is 5.02. The number of aromatic hydroxyl groups is 1. The maximum Gasteiger partial charge on any atom is 0.343 e. The molecule has 0 unspecified atom stereocenters. The summed E-state index contributed by atoms with van der Waals surface area (Å²) >= 11 is 3.43. The summed E-state index contributed by atoms with van der Waals surface area (Å²) in [6.45, 7) is 0. The molecule has 0 aliphatic carbocycles. The molecule has 1 aromatic heterocycles. The highest BCUT2D eigenvalue weighted by molar-refractivity contribution is 9.10. The van der Waals surface area contributed by atoms with E-state index in [0.717, 1.165) is 21.2 Å². The minimum Gasteiger partial charge on any atom is -0.507 e. The first-order valence-electron chi connectivity index (χ1n) is 9.30. The third kappa shape index (κ3) is 4.11. The van der Waals surface area contributed by atoms with Gasteiger partial charge >= 0.3 is 5.63 Å². The fraction of sp³-hybridized carbons (Fsp3) is 0.125. The molecule has 29 heavy (non-hydrogen) atoms. The van der Waals surface area contributed by atoms with E-state index < -0.39 is 11.7 Å². The molecule has 0 saturated carbocycles. The molecule has 5 heteroatoms. The van der Waals surface area contributed by atoms with Crippen molar-refractivity contribution in [2.45, 2.75) is 18.9 Å². The van der Waals surface area contributed by atoms with Crippen LogP contribution in [-0.4, -0.2) is 10.2 Å². The van der Waals surface area contributed by atoms with Gasteiger partial charge in [-0.2, -0.15) is 0 Å². The van der Waals surface area contributed by atoms with E-state index in [1.54, 1.807) is 24.3 Å². The van der Waals surface area contributed by atoms with E-state index in [-0.39, 0.29) is 17.7 Å². The molecule has 1 heterocycles. The van der Waals surface area contributed by atoms with Crippen molar-refractivity contribution in [2.24, 2.45) is 0 Å². The van der Waals surface area contributed by atoms with Crippen LogP contribution in [0.4, 0.5) is 0 Å². The fourth-order valence-corrected chi connectivity index (χ4v) is 3.64. The topological polar surface area (TPSA) is 70.7 Å². The molecular formula is C24H19BrO4. The second-order valence-corrected chi connectivity index (χ2v) is 7.81. The van der Waals surface area contributed by atoms with E-state index in [0.29, 0.717) is 17.4 Å². The molecule has 0 saturated heterocycles. The van der Waals surface area contributed by atoms with Crippen molar-refractivity contribution >= 4 is 26.9 Å². The number of rotatable bonds is 5. The Balaban J connectivity index is 1.50. The fourth-order valence-electron chi connectivity index (χ4n) is 3.38. The van der Waals surface area contributed by atoms with Crippen molar-refractivity contribution in [2.75, 3.05) is 0 Å². The van der Waals surface area contributed by atoms with E-state index in [2.05, 4.69) is 15.9 Å². The van der Waals surface area contributed by atoms with Crippen LogP contribution < -0.4 is 5.63 Å². The molecule has 4 nitrogen and oxygen atoms in total. The Morgan fingerprint density at radius 3 is 2.21 bits per heavy atom. The van der Waals surface area contributed by atoms with E-state index in [9.17, 15) is 15.0 Å². The summed E-state index contributed by atoms with van der Waals surface area (Å²) in [7, 11) is 0. The predicted octanol–water partition coefficient (Wildman–Crippen LogP) is 5.59.